The largest absolute Gasteiger partial charge is 0.352 e. The van der Waals surface area contributed by atoms with Crippen LogP contribution in [0.4, 0.5) is 0 Å². The number of nitrogens with one attached hydrogen (secondary N) is 1. The van der Waals surface area contributed by atoms with Gasteiger partial charge < -0.3 is 5.32 Å². The molecule has 0 fully saturated rings. The molecule has 2 aromatic heterocycles. The third kappa shape index (κ3) is 3.90. The highest BCUT2D eigenvalue weighted by Crippen LogP contribution is 2.14. The number of carbonyl (C=O) groups is 1. The molecule has 6 nitrogen and oxygen atoms in total. The molecule has 0 aliphatic heterocycles. The first-order chi connectivity index (χ1) is 12.3. The molecule has 0 spiro atoms. The molecule has 0 bridgehead atoms. The molecule has 6 heteroatoms. The second-order valence-corrected chi connectivity index (χ2v) is 7.02. The van der Waals surface area contributed by atoms with Crippen molar-refractivity contribution in [2.75, 3.05) is 6.54 Å². The fraction of sp³-hybridized carbons (Fsp3) is 0.400. The van der Waals surface area contributed by atoms with E-state index in [-0.39, 0.29) is 11.8 Å². The zero-order valence-corrected chi connectivity index (χ0v) is 16.0. The Balaban J connectivity index is 1.65. The summed E-state index contributed by atoms with van der Waals surface area (Å²) < 4.78 is 1.99. The summed E-state index contributed by atoms with van der Waals surface area (Å²) >= 11 is 0. The molecule has 3 aromatic rings. The van der Waals surface area contributed by atoms with Gasteiger partial charge in [-0.25, -0.2) is 9.97 Å². The first-order valence-electron chi connectivity index (χ1n) is 8.87. The van der Waals surface area contributed by atoms with Crippen molar-refractivity contribution in [1.29, 1.82) is 0 Å². The molecule has 0 unspecified atom stereocenters. The Morgan fingerprint density at radius 3 is 2.42 bits per heavy atom. The standard InChI is InChI=1S/C20H25N5O/c1-12(11-25-14(3)8-13(2)24-25)10-21-20(26)17-6-7-18-19(9-17)23-16(5)15(4)22-18/h6-9,12H,10-11H2,1-5H3,(H,21,26)/t12-/m0/s1. The predicted molar refractivity (Wildman–Crippen MR) is 102 cm³/mol. The lowest BCUT2D eigenvalue weighted by atomic mass is 10.1. The number of amides is 1. The van der Waals surface area contributed by atoms with E-state index in [2.05, 4.69) is 33.4 Å². The van der Waals surface area contributed by atoms with Gasteiger partial charge in [-0.05, 0) is 57.9 Å². The molecule has 1 atom stereocenters. The quantitative estimate of drug-likeness (QED) is 0.766. The van der Waals surface area contributed by atoms with Gasteiger partial charge in [-0.3, -0.25) is 9.48 Å². The van der Waals surface area contributed by atoms with Crippen LogP contribution in [0, 0.1) is 33.6 Å². The highest BCUT2D eigenvalue weighted by Gasteiger charge is 2.12. The lowest BCUT2D eigenvalue weighted by molar-refractivity contribution is 0.0946. The van der Waals surface area contributed by atoms with Gasteiger partial charge in [-0.1, -0.05) is 6.92 Å². The van der Waals surface area contributed by atoms with E-state index < -0.39 is 0 Å². The topological polar surface area (TPSA) is 72.7 Å². The molecule has 3 rings (SSSR count). The van der Waals surface area contributed by atoms with Crippen molar-refractivity contribution >= 4 is 16.9 Å². The predicted octanol–water partition coefficient (Wildman–Crippen LogP) is 3.13. The summed E-state index contributed by atoms with van der Waals surface area (Å²) in [6.45, 7) is 11.4. The fourth-order valence-electron chi connectivity index (χ4n) is 2.96. The third-order valence-electron chi connectivity index (χ3n) is 4.54. The van der Waals surface area contributed by atoms with Crippen LogP contribution in [-0.2, 0) is 6.54 Å². The van der Waals surface area contributed by atoms with Gasteiger partial charge in [0.15, 0.2) is 0 Å². The van der Waals surface area contributed by atoms with E-state index in [1.807, 2.05) is 38.4 Å². The van der Waals surface area contributed by atoms with Crippen molar-refractivity contribution in [2.45, 2.75) is 41.2 Å². The normalized spacial score (nSPS) is 12.3. The molecule has 1 N–H and O–H groups in total. The molecule has 0 aliphatic carbocycles. The van der Waals surface area contributed by atoms with Crippen LogP contribution in [0.25, 0.3) is 11.0 Å². The molecular weight excluding hydrogens is 326 g/mol. The third-order valence-corrected chi connectivity index (χ3v) is 4.54. The lowest BCUT2D eigenvalue weighted by Crippen LogP contribution is -2.30. The van der Waals surface area contributed by atoms with E-state index >= 15 is 0 Å². The first-order valence-corrected chi connectivity index (χ1v) is 8.87. The zero-order chi connectivity index (χ0) is 18.8. The number of hydrogen-bond acceptors (Lipinski definition) is 4. The Morgan fingerprint density at radius 1 is 1.08 bits per heavy atom. The molecule has 0 aliphatic rings. The zero-order valence-electron chi connectivity index (χ0n) is 16.0. The van der Waals surface area contributed by atoms with Gasteiger partial charge in [0, 0.05) is 24.3 Å². The van der Waals surface area contributed by atoms with Crippen LogP contribution in [0.5, 0.6) is 0 Å². The Bertz CT molecular complexity index is 960. The van der Waals surface area contributed by atoms with Crippen molar-refractivity contribution in [1.82, 2.24) is 25.1 Å². The summed E-state index contributed by atoms with van der Waals surface area (Å²) in [5, 5.41) is 7.48. The first kappa shape index (κ1) is 18.0. The van der Waals surface area contributed by atoms with Crippen molar-refractivity contribution in [2.24, 2.45) is 5.92 Å². The molecular formula is C20H25N5O. The van der Waals surface area contributed by atoms with Crippen LogP contribution in [0.2, 0.25) is 0 Å². The Labute approximate surface area is 153 Å². The highest BCUT2D eigenvalue weighted by atomic mass is 16.1. The Kier molecular flexibility index (Phi) is 5.02. The van der Waals surface area contributed by atoms with Gasteiger partial charge in [0.05, 0.1) is 28.1 Å². The maximum atomic E-state index is 12.5. The number of rotatable bonds is 5. The monoisotopic (exact) mass is 351 g/mol. The minimum atomic E-state index is -0.0906. The van der Waals surface area contributed by atoms with E-state index in [4.69, 9.17) is 0 Å². The van der Waals surface area contributed by atoms with Gasteiger partial charge in [0.1, 0.15) is 0 Å². The minimum absolute atomic E-state index is 0.0906. The van der Waals surface area contributed by atoms with E-state index in [9.17, 15) is 4.79 Å². The summed E-state index contributed by atoms with van der Waals surface area (Å²) in [5.41, 5.74) is 6.11. The highest BCUT2D eigenvalue weighted by molar-refractivity contribution is 5.97. The molecule has 1 aromatic carbocycles. The van der Waals surface area contributed by atoms with Crippen LogP contribution in [0.1, 0.15) is 40.1 Å². The maximum Gasteiger partial charge on any atom is 0.251 e. The van der Waals surface area contributed by atoms with E-state index in [0.717, 1.165) is 40.4 Å². The molecule has 136 valence electrons. The summed E-state index contributed by atoms with van der Waals surface area (Å²) in [5.74, 6) is 0.189. The van der Waals surface area contributed by atoms with Crippen LogP contribution in [0.3, 0.4) is 0 Å². The Hall–Kier alpha value is -2.76. The maximum absolute atomic E-state index is 12.5. The smallest absolute Gasteiger partial charge is 0.251 e. The summed E-state index contributed by atoms with van der Waals surface area (Å²) in [7, 11) is 0. The van der Waals surface area contributed by atoms with Gasteiger partial charge in [0.2, 0.25) is 0 Å². The molecule has 2 heterocycles. The molecule has 26 heavy (non-hydrogen) atoms. The number of fused-ring (bicyclic) bond motifs is 1. The van der Waals surface area contributed by atoms with Crippen LogP contribution in [-0.4, -0.2) is 32.2 Å². The van der Waals surface area contributed by atoms with Crippen molar-refractivity contribution in [3.63, 3.8) is 0 Å². The number of nitrogens with zero attached hydrogens (tertiary/aromatic N) is 4. The van der Waals surface area contributed by atoms with Gasteiger partial charge in [0.25, 0.3) is 5.91 Å². The van der Waals surface area contributed by atoms with Crippen LogP contribution < -0.4 is 5.32 Å². The summed E-state index contributed by atoms with van der Waals surface area (Å²) in [6, 6.07) is 7.51. The lowest BCUT2D eigenvalue weighted by Gasteiger charge is -2.14. The summed E-state index contributed by atoms with van der Waals surface area (Å²) in [6.07, 6.45) is 0. The number of benzene rings is 1. The number of carbonyl (C=O) groups excluding carboxylic acids is 1. The van der Waals surface area contributed by atoms with Crippen LogP contribution in [0.15, 0.2) is 24.3 Å². The average molecular weight is 351 g/mol. The van der Waals surface area contributed by atoms with Gasteiger partial charge >= 0.3 is 0 Å². The fourth-order valence-corrected chi connectivity index (χ4v) is 2.96. The number of hydrogen-bond donors (Lipinski definition) is 1. The van der Waals surface area contributed by atoms with Gasteiger partial charge in [-0.2, -0.15) is 5.10 Å². The minimum Gasteiger partial charge on any atom is -0.352 e. The van der Waals surface area contributed by atoms with E-state index in [1.165, 1.54) is 0 Å². The number of aromatic nitrogens is 4. The second kappa shape index (κ2) is 7.23. The molecule has 0 saturated carbocycles. The van der Waals surface area contributed by atoms with Crippen molar-refractivity contribution in [3.05, 3.63) is 52.6 Å². The van der Waals surface area contributed by atoms with Crippen molar-refractivity contribution in [3.8, 4) is 0 Å². The Morgan fingerprint density at radius 2 is 1.77 bits per heavy atom. The molecule has 0 radical (unpaired) electrons. The SMILES string of the molecule is Cc1cc(C)n(C[C@@H](C)CNC(=O)c2ccc3nc(C)c(C)nc3c2)n1. The number of aryl methyl sites for hydroxylation is 4. The van der Waals surface area contributed by atoms with Crippen LogP contribution >= 0.6 is 0 Å². The average Bonchev–Trinajstić information content (AvgIpc) is 2.90. The summed E-state index contributed by atoms with van der Waals surface area (Å²) in [4.78, 5) is 21.5. The van der Waals surface area contributed by atoms with E-state index in [1.54, 1.807) is 12.1 Å². The molecule has 1 amide bonds. The van der Waals surface area contributed by atoms with Crippen molar-refractivity contribution < 1.29 is 4.79 Å². The van der Waals surface area contributed by atoms with Gasteiger partial charge in [-0.15, -0.1) is 0 Å². The second-order valence-electron chi connectivity index (χ2n) is 7.02. The molecule has 0 saturated heterocycles. The van der Waals surface area contributed by atoms with E-state index in [0.29, 0.717) is 12.1 Å².